The van der Waals surface area contributed by atoms with Gasteiger partial charge in [-0.15, -0.1) is 0 Å². The van der Waals surface area contributed by atoms with E-state index in [-0.39, 0.29) is 17.3 Å². The lowest BCUT2D eigenvalue weighted by Crippen LogP contribution is -2.60. The number of hydrogen-bond acceptors (Lipinski definition) is 2. The van der Waals surface area contributed by atoms with Crippen LogP contribution >= 0.6 is 11.8 Å². The Labute approximate surface area is 140 Å². The van der Waals surface area contributed by atoms with Crippen LogP contribution in [0.15, 0.2) is 30.3 Å². The maximum Gasteiger partial charge on any atom is 0.375 e. The quantitative estimate of drug-likeness (QED) is 0.541. The molecule has 142 valence electrons. The van der Waals surface area contributed by atoms with E-state index in [0.717, 1.165) is 0 Å². The van der Waals surface area contributed by atoms with E-state index in [1.165, 1.54) is 24.3 Å². The van der Waals surface area contributed by atoms with Crippen LogP contribution in [-0.4, -0.2) is 41.2 Å². The highest BCUT2D eigenvalue weighted by Crippen LogP contribution is 2.50. The summed E-state index contributed by atoms with van der Waals surface area (Å²) in [6.07, 6.45) is -11.3. The Kier molecular flexibility index (Phi) is 6.82. The molecule has 1 rings (SSSR count). The highest BCUT2D eigenvalue weighted by atomic mass is 32.2. The van der Waals surface area contributed by atoms with Crippen molar-refractivity contribution in [2.75, 3.05) is 5.75 Å². The Morgan fingerprint density at radius 1 is 0.960 bits per heavy atom. The van der Waals surface area contributed by atoms with Crippen molar-refractivity contribution in [1.29, 1.82) is 0 Å². The van der Waals surface area contributed by atoms with E-state index >= 15 is 0 Å². The molecule has 1 unspecified atom stereocenters. The van der Waals surface area contributed by atoms with Gasteiger partial charge in [0.2, 0.25) is 11.3 Å². The van der Waals surface area contributed by atoms with Gasteiger partial charge in [0.05, 0.1) is 0 Å². The van der Waals surface area contributed by atoms with Gasteiger partial charge in [0.25, 0.3) is 6.43 Å². The Bertz CT molecular complexity index is 577. The molecule has 0 saturated carbocycles. The maximum atomic E-state index is 13.4. The zero-order valence-corrected chi connectivity index (χ0v) is 13.0. The average molecular weight is 398 g/mol. The van der Waals surface area contributed by atoms with Gasteiger partial charge in [-0.05, 0) is 0 Å². The van der Waals surface area contributed by atoms with Crippen LogP contribution in [0, 0.1) is 0 Å². The monoisotopic (exact) mass is 398 g/mol. The molecule has 1 atom stereocenters. The first-order chi connectivity index (χ1) is 11.3. The molecular weight excluding hydrogens is 387 g/mol. The SMILES string of the molecule is O=C(SCCC(F)(F)C(F)(F)C(F)(F)C(F)C(F)F)c1ccccc1. The molecule has 0 aliphatic heterocycles. The Morgan fingerprint density at radius 3 is 1.96 bits per heavy atom. The van der Waals surface area contributed by atoms with Crippen LogP contribution in [0.1, 0.15) is 16.8 Å². The lowest BCUT2D eigenvalue weighted by atomic mass is 9.99. The molecule has 1 aromatic rings. The maximum absolute atomic E-state index is 13.4. The number of benzene rings is 1. The third-order valence-electron chi connectivity index (χ3n) is 3.10. The molecule has 11 heteroatoms. The van der Waals surface area contributed by atoms with E-state index in [4.69, 9.17) is 0 Å². The standard InChI is InChI=1S/C14H11F9OS/c15-9(10(16)17)13(20,21)14(22,23)12(18,19)6-7-25-11(24)8-4-2-1-3-5-8/h1-5,9-10H,6-7H2. The average Bonchev–Trinajstić information content (AvgIpc) is 2.54. The molecule has 0 fully saturated rings. The van der Waals surface area contributed by atoms with Crippen molar-refractivity contribution in [3.8, 4) is 0 Å². The second-order valence-corrected chi connectivity index (χ2v) is 5.96. The number of carbonyl (C=O) groups excluding carboxylic acids is 1. The first-order valence-corrected chi connectivity index (χ1v) is 7.61. The number of alkyl halides is 9. The van der Waals surface area contributed by atoms with Crippen LogP contribution in [0.3, 0.4) is 0 Å². The second kappa shape index (κ2) is 7.88. The minimum atomic E-state index is -6.35. The molecule has 0 aromatic heterocycles. The summed E-state index contributed by atoms with van der Waals surface area (Å²) in [7, 11) is 0. The van der Waals surface area contributed by atoms with Gasteiger partial charge in [-0.3, -0.25) is 4.79 Å². The van der Waals surface area contributed by atoms with Gasteiger partial charge in [0.15, 0.2) is 0 Å². The molecule has 0 saturated heterocycles. The van der Waals surface area contributed by atoms with Gasteiger partial charge in [-0.1, -0.05) is 42.1 Å². The van der Waals surface area contributed by atoms with Crippen molar-refractivity contribution in [2.24, 2.45) is 0 Å². The molecule has 0 N–H and O–H groups in total. The fraction of sp³-hybridized carbons (Fsp3) is 0.500. The summed E-state index contributed by atoms with van der Waals surface area (Å²) in [5, 5.41) is -0.776. The van der Waals surface area contributed by atoms with E-state index in [1.807, 2.05) is 0 Å². The largest absolute Gasteiger partial charge is 0.375 e. The summed E-state index contributed by atoms with van der Waals surface area (Å²) < 4.78 is 116. The van der Waals surface area contributed by atoms with Gasteiger partial charge in [-0.2, -0.15) is 26.3 Å². The highest BCUT2D eigenvalue weighted by molar-refractivity contribution is 8.14. The van der Waals surface area contributed by atoms with E-state index in [9.17, 15) is 44.3 Å². The topological polar surface area (TPSA) is 17.1 Å². The number of thioether (sulfide) groups is 1. The van der Waals surface area contributed by atoms with Crippen molar-refractivity contribution < 1.29 is 44.3 Å². The van der Waals surface area contributed by atoms with Crippen LogP contribution < -0.4 is 0 Å². The van der Waals surface area contributed by atoms with Gasteiger partial charge in [0, 0.05) is 17.7 Å². The van der Waals surface area contributed by atoms with Gasteiger partial charge >= 0.3 is 17.8 Å². The third kappa shape index (κ3) is 4.62. The molecular formula is C14H11F9OS. The fourth-order valence-corrected chi connectivity index (χ4v) is 2.51. The molecule has 25 heavy (non-hydrogen) atoms. The lowest BCUT2D eigenvalue weighted by molar-refractivity contribution is -0.333. The minimum absolute atomic E-state index is 0.0643. The molecule has 0 radical (unpaired) electrons. The zero-order valence-electron chi connectivity index (χ0n) is 12.2. The number of carbonyl (C=O) groups is 1. The summed E-state index contributed by atoms with van der Waals surface area (Å²) >= 11 is 0.159. The van der Waals surface area contributed by atoms with Crippen LogP contribution in [-0.2, 0) is 0 Å². The molecule has 0 bridgehead atoms. The molecule has 0 spiro atoms. The summed E-state index contributed by atoms with van der Waals surface area (Å²) in [6.45, 7) is 0. The van der Waals surface area contributed by atoms with Crippen molar-refractivity contribution in [1.82, 2.24) is 0 Å². The van der Waals surface area contributed by atoms with E-state index < -0.39 is 47.7 Å². The van der Waals surface area contributed by atoms with Crippen LogP contribution in [0.5, 0.6) is 0 Å². The fourth-order valence-electron chi connectivity index (χ4n) is 1.66. The van der Waals surface area contributed by atoms with Gasteiger partial charge < -0.3 is 0 Å². The van der Waals surface area contributed by atoms with E-state index in [1.54, 1.807) is 6.07 Å². The zero-order chi connectivity index (χ0) is 19.5. The summed E-state index contributed by atoms with van der Waals surface area (Å²) in [4.78, 5) is 11.6. The van der Waals surface area contributed by atoms with Crippen LogP contribution in [0.4, 0.5) is 39.5 Å². The van der Waals surface area contributed by atoms with Gasteiger partial charge in [-0.25, -0.2) is 13.2 Å². The Hall–Kier alpha value is -1.39. The van der Waals surface area contributed by atoms with Crippen molar-refractivity contribution in [3.05, 3.63) is 35.9 Å². The molecule has 0 amide bonds. The molecule has 0 heterocycles. The second-order valence-electron chi connectivity index (χ2n) is 4.89. The molecule has 0 aliphatic rings. The summed E-state index contributed by atoms with van der Waals surface area (Å²) in [5.41, 5.74) is 0.0643. The minimum Gasteiger partial charge on any atom is -0.282 e. The van der Waals surface area contributed by atoms with Gasteiger partial charge in [0.1, 0.15) is 0 Å². The van der Waals surface area contributed by atoms with E-state index in [0.29, 0.717) is 0 Å². The molecule has 1 nitrogen and oxygen atoms in total. The number of halogens is 9. The van der Waals surface area contributed by atoms with Crippen molar-refractivity contribution in [2.45, 2.75) is 36.8 Å². The third-order valence-corrected chi connectivity index (χ3v) is 4.01. The smallest absolute Gasteiger partial charge is 0.282 e. The lowest BCUT2D eigenvalue weighted by Gasteiger charge is -2.34. The summed E-state index contributed by atoms with van der Waals surface area (Å²) in [5.74, 6) is -19.1. The Balaban J connectivity index is 2.77. The first-order valence-electron chi connectivity index (χ1n) is 6.62. The number of rotatable bonds is 8. The Morgan fingerprint density at radius 2 is 1.48 bits per heavy atom. The normalized spacial score (nSPS) is 14.6. The predicted octanol–water partition coefficient (Wildman–Crippen LogP) is 5.46. The van der Waals surface area contributed by atoms with E-state index in [2.05, 4.69) is 0 Å². The van der Waals surface area contributed by atoms with Crippen molar-refractivity contribution >= 4 is 16.9 Å². The highest BCUT2D eigenvalue weighted by Gasteiger charge is 2.75. The van der Waals surface area contributed by atoms with Crippen molar-refractivity contribution in [3.63, 3.8) is 0 Å². The van der Waals surface area contributed by atoms with Crippen LogP contribution in [0.2, 0.25) is 0 Å². The summed E-state index contributed by atoms with van der Waals surface area (Å²) in [6, 6.07) is 7.07. The van der Waals surface area contributed by atoms with Crippen LogP contribution in [0.25, 0.3) is 0 Å². The number of hydrogen-bond donors (Lipinski definition) is 0. The predicted molar refractivity (Wildman–Crippen MR) is 73.6 cm³/mol. The first kappa shape index (κ1) is 21.7. The molecule has 0 aliphatic carbocycles. The molecule has 1 aromatic carbocycles.